The average molecular weight is 331 g/mol. The Bertz CT molecular complexity index is 597. The zero-order valence-electron chi connectivity index (χ0n) is 15.4. The standard InChI is InChI=1S/C20H29NO3/c1-6-20(2,3)15-7-8-19(22)14(9-15)13-21-16-10-17(23-4)12-18(11-16)24-5/h10-13,15,21H,6-9H2,1-5H3/b14-13+/t15-/m1/s1. The van der Waals surface area contributed by atoms with Crippen molar-refractivity contribution >= 4 is 11.5 Å². The zero-order valence-corrected chi connectivity index (χ0v) is 15.4. The fraction of sp³-hybridized carbons (Fsp3) is 0.550. The van der Waals surface area contributed by atoms with Crippen LogP contribution in [0.1, 0.15) is 46.5 Å². The van der Waals surface area contributed by atoms with Crippen molar-refractivity contribution < 1.29 is 14.3 Å². The number of ether oxygens (including phenoxy) is 2. The second kappa shape index (κ2) is 7.73. The van der Waals surface area contributed by atoms with E-state index in [1.807, 2.05) is 24.4 Å². The number of carbonyl (C=O) groups excluding carboxylic acids is 1. The molecule has 1 aliphatic carbocycles. The van der Waals surface area contributed by atoms with Crippen molar-refractivity contribution in [3.05, 3.63) is 30.0 Å². The third-order valence-electron chi connectivity index (χ3n) is 5.33. The highest BCUT2D eigenvalue weighted by Crippen LogP contribution is 2.41. The number of Topliss-reactive ketones (excluding diaryl/α,β-unsaturated/α-hetero) is 1. The fourth-order valence-electron chi connectivity index (χ4n) is 3.10. The van der Waals surface area contributed by atoms with Gasteiger partial charge in [0.05, 0.1) is 14.2 Å². The predicted molar refractivity (Wildman–Crippen MR) is 97.7 cm³/mol. The van der Waals surface area contributed by atoms with Gasteiger partial charge in [-0.05, 0) is 24.2 Å². The van der Waals surface area contributed by atoms with Crippen molar-refractivity contribution in [2.75, 3.05) is 19.5 Å². The van der Waals surface area contributed by atoms with Gasteiger partial charge >= 0.3 is 0 Å². The Hall–Kier alpha value is -1.97. The normalized spacial score (nSPS) is 20.1. The molecule has 1 aromatic rings. The van der Waals surface area contributed by atoms with Crippen molar-refractivity contribution in [3.63, 3.8) is 0 Å². The van der Waals surface area contributed by atoms with Gasteiger partial charge in [0.15, 0.2) is 5.78 Å². The van der Waals surface area contributed by atoms with Crippen LogP contribution >= 0.6 is 0 Å². The lowest BCUT2D eigenvalue weighted by Crippen LogP contribution is -2.29. The van der Waals surface area contributed by atoms with Crippen LogP contribution in [0.15, 0.2) is 30.0 Å². The van der Waals surface area contributed by atoms with Crippen molar-refractivity contribution in [2.24, 2.45) is 11.3 Å². The van der Waals surface area contributed by atoms with Crippen LogP contribution in [-0.4, -0.2) is 20.0 Å². The largest absolute Gasteiger partial charge is 0.497 e. The van der Waals surface area contributed by atoms with Gasteiger partial charge in [0.2, 0.25) is 0 Å². The summed E-state index contributed by atoms with van der Waals surface area (Å²) in [5.41, 5.74) is 2.00. The summed E-state index contributed by atoms with van der Waals surface area (Å²) in [6.07, 6.45) is 5.45. The Morgan fingerprint density at radius 3 is 2.38 bits per heavy atom. The Balaban J connectivity index is 2.16. The molecule has 1 aromatic carbocycles. The molecule has 1 atom stereocenters. The topological polar surface area (TPSA) is 47.6 Å². The van der Waals surface area contributed by atoms with E-state index in [2.05, 4.69) is 26.1 Å². The zero-order chi connectivity index (χ0) is 17.7. The van der Waals surface area contributed by atoms with Crippen molar-refractivity contribution in [3.8, 4) is 11.5 Å². The molecule has 0 unspecified atom stereocenters. The van der Waals surface area contributed by atoms with Crippen LogP contribution in [0.25, 0.3) is 0 Å². The Labute approximate surface area is 145 Å². The minimum absolute atomic E-state index is 0.250. The summed E-state index contributed by atoms with van der Waals surface area (Å²) in [6, 6.07) is 5.60. The number of hydrogen-bond acceptors (Lipinski definition) is 4. The van der Waals surface area contributed by atoms with Crippen LogP contribution in [0.3, 0.4) is 0 Å². The van der Waals surface area contributed by atoms with Gasteiger partial charge in [0, 0.05) is 42.1 Å². The Morgan fingerprint density at radius 2 is 1.83 bits per heavy atom. The van der Waals surface area contributed by atoms with Crippen LogP contribution < -0.4 is 14.8 Å². The third kappa shape index (κ3) is 4.31. The number of ketones is 1. The molecule has 132 valence electrons. The van der Waals surface area contributed by atoms with E-state index >= 15 is 0 Å². The first-order chi connectivity index (χ1) is 11.4. The molecule has 24 heavy (non-hydrogen) atoms. The second-order valence-corrected chi connectivity index (χ2v) is 7.12. The highest BCUT2D eigenvalue weighted by molar-refractivity contribution is 5.96. The predicted octanol–water partition coefficient (Wildman–Crippen LogP) is 4.81. The molecular weight excluding hydrogens is 302 g/mol. The van der Waals surface area contributed by atoms with Crippen molar-refractivity contribution in [1.29, 1.82) is 0 Å². The molecule has 0 spiro atoms. The number of methoxy groups -OCH3 is 2. The summed E-state index contributed by atoms with van der Waals surface area (Å²) in [7, 11) is 3.25. The molecule has 0 aromatic heterocycles. The maximum atomic E-state index is 12.3. The van der Waals surface area contributed by atoms with Gasteiger partial charge in [-0.1, -0.05) is 27.2 Å². The second-order valence-electron chi connectivity index (χ2n) is 7.12. The minimum atomic E-state index is 0.250. The summed E-state index contributed by atoms with van der Waals surface area (Å²) < 4.78 is 10.6. The van der Waals surface area contributed by atoms with Gasteiger partial charge in [-0.3, -0.25) is 4.79 Å². The molecule has 0 radical (unpaired) electrons. The molecule has 0 aliphatic heterocycles. The molecule has 1 N–H and O–H groups in total. The highest BCUT2D eigenvalue weighted by Gasteiger charge is 2.33. The van der Waals surface area contributed by atoms with E-state index in [4.69, 9.17) is 9.47 Å². The van der Waals surface area contributed by atoms with Gasteiger partial charge in [0.1, 0.15) is 11.5 Å². The summed E-state index contributed by atoms with van der Waals surface area (Å²) in [6.45, 7) is 6.82. The van der Waals surface area contributed by atoms with Gasteiger partial charge in [-0.15, -0.1) is 0 Å². The molecule has 0 bridgehead atoms. The molecule has 0 saturated heterocycles. The summed E-state index contributed by atoms with van der Waals surface area (Å²) >= 11 is 0. The van der Waals surface area contributed by atoms with Crippen LogP contribution in [0.4, 0.5) is 5.69 Å². The first kappa shape index (κ1) is 18.4. The highest BCUT2D eigenvalue weighted by atomic mass is 16.5. The summed E-state index contributed by atoms with van der Waals surface area (Å²) in [5.74, 6) is 2.24. The van der Waals surface area contributed by atoms with Crippen LogP contribution in [0.2, 0.25) is 0 Å². The van der Waals surface area contributed by atoms with Crippen LogP contribution in [0.5, 0.6) is 11.5 Å². The molecule has 0 amide bonds. The minimum Gasteiger partial charge on any atom is -0.497 e. The van der Waals surface area contributed by atoms with E-state index in [1.165, 1.54) is 0 Å². The molecule has 2 rings (SSSR count). The molecule has 1 saturated carbocycles. The molecule has 4 nitrogen and oxygen atoms in total. The molecular formula is C20H29NO3. The summed E-state index contributed by atoms with van der Waals surface area (Å²) in [5, 5.41) is 3.24. The Kier molecular flexibility index (Phi) is 5.92. The molecule has 0 heterocycles. The third-order valence-corrected chi connectivity index (χ3v) is 5.33. The van der Waals surface area contributed by atoms with E-state index in [-0.39, 0.29) is 11.2 Å². The van der Waals surface area contributed by atoms with E-state index in [0.717, 1.165) is 42.0 Å². The average Bonchev–Trinajstić information content (AvgIpc) is 2.60. The lowest BCUT2D eigenvalue weighted by atomic mass is 9.68. The number of carbonyl (C=O) groups is 1. The SMILES string of the molecule is CCC(C)(C)[C@@H]1CCC(=O)/C(=C/Nc2cc(OC)cc(OC)c2)C1. The number of anilines is 1. The van der Waals surface area contributed by atoms with E-state index in [9.17, 15) is 4.79 Å². The first-order valence-electron chi connectivity index (χ1n) is 8.61. The first-order valence-corrected chi connectivity index (χ1v) is 8.61. The number of allylic oxidation sites excluding steroid dienone is 1. The number of benzene rings is 1. The smallest absolute Gasteiger partial charge is 0.160 e. The van der Waals surface area contributed by atoms with Gasteiger partial charge in [0.25, 0.3) is 0 Å². The number of hydrogen-bond donors (Lipinski definition) is 1. The lowest BCUT2D eigenvalue weighted by molar-refractivity contribution is -0.117. The van der Waals surface area contributed by atoms with Crippen molar-refractivity contribution in [1.82, 2.24) is 0 Å². The maximum absolute atomic E-state index is 12.3. The van der Waals surface area contributed by atoms with E-state index < -0.39 is 0 Å². The van der Waals surface area contributed by atoms with Gasteiger partial charge in [-0.25, -0.2) is 0 Å². The fourth-order valence-corrected chi connectivity index (χ4v) is 3.10. The van der Waals surface area contributed by atoms with E-state index in [1.54, 1.807) is 14.2 Å². The van der Waals surface area contributed by atoms with Gasteiger partial charge in [-0.2, -0.15) is 0 Å². The lowest BCUT2D eigenvalue weighted by Gasteiger charge is -2.36. The number of rotatable bonds is 6. The molecule has 1 aliphatic rings. The van der Waals surface area contributed by atoms with Crippen LogP contribution in [0, 0.1) is 11.3 Å². The quantitative estimate of drug-likeness (QED) is 0.760. The number of nitrogens with one attached hydrogen (secondary N) is 1. The monoisotopic (exact) mass is 331 g/mol. The van der Waals surface area contributed by atoms with Gasteiger partial charge < -0.3 is 14.8 Å². The Morgan fingerprint density at radius 1 is 1.21 bits per heavy atom. The van der Waals surface area contributed by atoms with E-state index in [0.29, 0.717) is 12.3 Å². The maximum Gasteiger partial charge on any atom is 0.160 e. The van der Waals surface area contributed by atoms with Crippen molar-refractivity contribution in [2.45, 2.75) is 46.5 Å². The molecule has 1 fully saturated rings. The van der Waals surface area contributed by atoms with Crippen LogP contribution in [-0.2, 0) is 4.79 Å². The molecule has 4 heteroatoms. The summed E-state index contributed by atoms with van der Waals surface area (Å²) in [4.78, 5) is 12.3.